The molecule has 5 heterocycles. The number of thioether (sulfide) groups is 2. The summed E-state index contributed by atoms with van der Waals surface area (Å²) in [6, 6.07) is 0.0841. The number of hydrazine groups is 1. The number of oxime groups is 1. The van der Waals surface area contributed by atoms with E-state index in [0.29, 0.717) is 5.57 Å². The van der Waals surface area contributed by atoms with Gasteiger partial charge in [0.05, 0.1) is 0 Å². The van der Waals surface area contributed by atoms with Crippen molar-refractivity contribution < 1.29 is 44.1 Å². The molecule has 248 valence electrons. The monoisotopic (exact) mass is 707 g/mol. The molecule has 3 amide bonds. The molecule has 0 aromatic carbocycles. The average Bonchev–Trinajstić information content (AvgIpc) is 3.67. The van der Waals surface area contributed by atoms with Crippen LogP contribution in [0.2, 0.25) is 0 Å². The molecule has 2 aliphatic heterocycles. The molecule has 23 heteroatoms. The zero-order valence-corrected chi connectivity index (χ0v) is 26.7. The van der Waals surface area contributed by atoms with Gasteiger partial charge in [0, 0.05) is 23.0 Å². The van der Waals surface area contributed by atoms with Crippen LogP contribution in [0.1, 0.15) is 35.9 Å². The number of aliphatic hydroxyl groups excluding tert-OH is 1. The van der Waals surface area contributed by atoms with Gasteiger partial charge in [0.25, 0.3) is 23.5 Å². The number of hydrogen-bond acceptors (Lipinski definition) is 17. The first-order valence-electron chi connectivity index (χ1n) is 13.2. The first-order chi connectivity index (χ1) is 22.2. The van der Waals surface area contributed by atoms with E-state index in [1.165, 1.54) is 41.6 Å². The molecule has 1 saturated heterocycles. The number of aromatic carboxylic acids is 1. The Balaban J connectivity index is 1.36. The highest BCUT2D eigenvalue weighted by atomic mass is 32.2. The number of aliphatic carboxylic acids is 1. The lowest BCUT2D eigenvalue weighted by atomic mass is 10.0. The first-order valence-corrected chi connectivity index (χ1v) is 16.1. The Bertz CT molecular complexity index is 1870. The Morgan fingerprint density at radius 3 is 2.55 bits per heavy atom. The summed E-state index contributed by atoms with van der Waals surface area (Å²) in [6.07, 6.45) is 0. The summed E-state index contributed by atoms with van der Waals surface area (Å²) in [5, 5.41) is 40.4. The van der Waals surface area contributed by atoms with Gasteiger partial charge in [-0.2, -0.15) is 9.50 Å². The van der Waals surface area contributed by atoms with E-state index in [-0.39, 0.29) is 50.4 Å². The zero-order chi connectivity index (χ0) is 34.2. The molecule has 47 heavy (non-hydrogen) atoms. The van der Waals surface area contributed by atoms with Crippen LogP contribution in [0.25, 0.3) is 5.78 Å². The molecule has 1 fully saturated rings. The van der Waals surface area contributed by atoms with E-state index in [1.807, 2.05) is 5.43 Å². The standard InChI is InChI=1S/C24H25N11O9S3/c1-24(2,21(43)31-26)44-33-13(10-7-47-22(25)27-10)16(37)30-14-17(38)34-15(20(41)42)8(6-46-18(14)34)5-45-12-3-9(19(39)40)28-23-29-11(4-36)32-35(12)23/h3,7,14,18,36H,4-6,26H2,1-2H3,(H2,25,27)(H,30,37)(H,31,43)(H,39,40)(H,41,42)/t14?,18-/m0/s1. The quantitative estimate of drug-likeness (QED) is 0.0211. The molecule has 2 aliphatic rings. The summed E-state index contributed by atoms with van der Waals surface area (Å²) in [5.41, 5.74) is 5.40. The van der Waals surface area contributed by atoms with E-state index < -0.39 is 59.0 Å². The van der Waals surface area contributed by atoms with Crippen molar-refractivity contribution in [1.82, 2.24) is 40.2 Å². The first kappa shape index (κ1) is 33.5. The highest BCUT2D eigenvalue weighted by Gasteiger charge is 2.54. The van der Waals surface area contributed by atoms with Crippen LogP contribution in [0.4, 0.5) is 5.13 Å². The second kappa shape index (κ2) is 13.1. The summed E-state index contributed by atoms with van der Waals surface area (Å²) < 4.78 is 1.23. The number of amides is 3. The van der Waals surface area contributed by atoms with Gasteiger partial charge in [0.1, 0.15) is 34.4 Å². The minimum absolute atomic E-state index is 0.00504. The molecule has 0 radical (unpaired) electrons. The molecule has 1 unspecified atom stereocenters. The number of nitrogens with one attached hydrogen (secondary N) is 2. The van der Waals surface area contributed by atoms with Crippen molar-refractivity contribution >= 4 is 81.1 Å². The minimum Gasteiger partial charge on any atom is -0.477 e. The molecule has 20 nitrogen and oxygen atoms in total. The number of carbonyl (C=O) groups excluding carboxylic acids is 3. The predicted octanol–water partition coefficient (Wildman–Crippen LogP) is -1.63. The topological polar surface area (TPSA) is 303 Å². The van der Waals surface area contributed by atoms with Crippen LogP contribution in [-0.4, -0.2) is 109 Å². The van der Waals surface area contributed by atoms with Crippen molar-refractivity contribution in [1.29, 1.82) is 0 Å². The third kappa shape index (κ3) is 6.55. The number of thiazole rings is 1. The number of nitrogens with zero attached hydrogens (tertiary/aromatic N) is 7. The largest absolute Gasteiger partial charge is 0.477 e. The van der Waals surface area contributed by atoms with Gasteiger partial charge in [0.2, 0.25) is 5.60 Å². The molecule has 9 N–H and O–H groups in total. The summed E-state index contributed by atoms with van der Waals surface area (Å²) in [5.74, 6) is 0.215. The molecule has 3 aromatic rings. The molecule has 3 aromatic heterocycles. The van der Waals surface area contributed by atoms with Gasteiger partial charge in [-0.15, -0.1) is 40.0 Å². The number of anilines is 1. The van der Waals surface area contributed by atoms with Crippen LogP contribution in [0.15, 0.2) is 32.9 Å². The maximum atomic E-state index is 13.4. The summed E-state index contributed by atoms with van der Waals surface area (Å²) >= 11 is 3.24. The van der Waals surface area contributed by atoms with E-state index in [1.54, 1.807) is 0 Å². The van der Waals surface area contributed by atoms with Gasteiger partial charge in [-0.3, -0.25) is 24.7 Å². The van der Waals surface area contributed by atoms with Crippen molar-refractivity contribution in [2.45, 2.75) is 42.5 Å². The Hall–Kier alpha value is -4.84. The van der Waals surface area contributed by atoms with E-state index in [2.05, 4.69) is 30.5 Å². The molecule has 0 saturated carbocycles. The van der Waals surface area contributed by atoms with Crippen LogP contribution in [0.5, 0.6) is 0 Å². The Labute approximate surface area is 275 Å². The maximum absolute atomic E-state index is 13.4. The van der Waals surface area contributed by atoms with Crippen molar-refractivity contribution in [2.24, 2.45) is 11.0 Å². The molecule has 5 rings (SSSR count). The molecular weight excluding hydrogens is 683 g/mol. The number of rotatable bonds is 12. The molecular formula is C24H25N11O9S3. The third-order valence-electron chi connectivity index (χ3n) is 6.64. The highest BCUT2D eigenvalue weighted by molar-refractivity contribution is 8.01. The second-order valence-electron chi connectivity index (χ2n) is 10.2. The van der Waals surface area contributed by atoms with Gasteiger partial charge in [0.15, 0.2) is 22.4 Å². The summed E-state index contributed by atoms with van der Waals surface area (Å²) in [6.45, 7) is 2.19. The average molecular weight is 708 g/mol. The van der Waals surface area contributed by atoms with Crippen molar-refractivity contribution in [3.05, 3.63) is 39.9 Å². The number of nitrogen functional groups attached to an aromatic ring is 1. The van der Waals surface area contributed by atoms with E-state index in [4.69, 9.17) is 16.4 Å². The third-order valence-corrected chi connectivity index (χ3v) is 9.73. The van der Waals surface area contributed by atoms with Gasteiger partial charge in [-0.05, 0) is 19.4 Å². The lowest BCUT2D eigenvalue weighted by molar-refractivity contribution is -0.150. The lowest BCUT2D eigenvalue weighted by Gasteiger charge is -2.49. The van der Waals surface area contributed by atoms with Crippen LogP contribution >= 0.6 is 34.9 Å². The van der Waals surface area contributed by atoms with Gasteiger partial charge in [-0.25, -0.2) is 25.4 Å². The molecule has 0 spiro atoms. The van der Waals surface area contributed by atoms with Crippen LogP contribution < -0.4 is 22.3 Å². The van der Waals surface area contributed by atoms with E-state index in [0.717, 1.165) is 28.0 Å². The molecule has 0 aliphatic carbocycles. The van der Waals surface area contributed by atoms with Crippen LogP contribution in [0.3, 0.4) is 0 Å². The smallest absolute Gasteiger partial charge is 0.354 e. The number of hydrogen-bond donors (Lipinski definition) is 7. The number of carbonyl (C=O) groups is 5. The zero-order valence-electron chi connectivity index (χ0n) is 24.2. The lowest BCUT2D eigenvalue weighted by Crippen LogP contribution is -2.71. The summed E-state index contributed by atoms with van der Waals surface area (Å²) in [4.78, 5) is 81.0. The van der Waals surface area contributed by atoms with Crippen molar-refractivity contribution in [3.63, 3.8) is 0 Å². The fraction of sp³-hybridized carbons (Fsp3) is 0.333. The SMILES string of the molecule is CC(C)(ON=C(C(=O)NC1C(=O)N2C(C(=O)O)=C(CSc3cc(C(=O)O)nc4nc(CO)nn34)CS[C@@H]12)c1csc(N)n1)C(=O)NN. The minimum atomic E-state index is -1.59. The number of carboxylic acids is 2. The van der Waals surface area contributed by atoms with Gasteiger partial charge in [-0.1, -0.05) is 5.16 Å². The highest BCUT2D eigenvalue weighted by Crippen LogP contribution is 2.41. The van der Waals surface area contributed by atoms with Crippen molar-refractivity contribution in [2.75, 3.05) is 17.2 Å². The number of fused-ring (bicyclic) bond motifs is 2. The van der Waals surface area contributed by atoms with Crippen LogP contribution in [0, 0.1) is 0 Å². The van der Waals surface area contributed by atoms with E-state index in [9.17, 15) is 39.3 Å². The Kier molecular flexibility index (Phi) is 9.35. The fourth-order valence-corrected chi connectivity index (χ4v) is 7.33. The number of β-lactam (4-membered cyclic amide) rings is 1. The number of aromatic nitrogens is 5. The predicted molar refractivity (Wildman–Crippen MR) is 165 cm³/mol. The van der Waals surface area contributed by atoms with Gasteiger partial charge < -0.3 is 31.2 Å². The Morgan fingerprint density at radius 2 is 1.94 bits per heavy atom. The fourth-order valence-electron chi connectivity index (χ4n) is 4.30. The van der Waals surface area contributed by atoms with Crippen molar-refractivity contribution in [3.8, 4) is 0 Å². The van der Waals surface area contributed by atoms with E-state index >= 15 is 0 Å². The number of carboxylic acid groups (broad SMARTS) is 2. The number of nitrogens with two attached hydrogens (primary N) is 2. The maximum Gasteiger partial charge on any atom is 0.354 e. The van der Waals surface area contributed by atoms with Crippen LogP contribution in [-0.2, 0) is 30.6 Å². The van der Waals surface area contributed by atoms with Gasteiger partial charge >= 0.3 is 11.9 Å². The number of aliphatic hydroxyl groups is 1. The summed E-state index contributed by atoms with van der Waals surface area (Å²) in [7, 11) is 0. The second-order valence-corrected chi connectivity index (χ2v) is 13.2. The normalized spacial score (nSPS) is 18.1. The molecule has 0 bridgehead atoms. The molecule has 2 atom stereocenters. The Morgan fingerprint density at radius 1 is 1.19 bits per heavy atom.